The van der Waals surface area contributed by atoms with Crippen molar-refractivity contribution >= 4 is 5.69 Å². The van der Waals surface area contributed by atoms with Crippen LogP contribution in [0.25, 0.3) is 0 Å². The fraction of sp³-hybridized carbons (Fsp3) is 0.667. The average Bonchev–Trinajstić information content (AvgIpc) is 3.19. The summed E-state index contributed by atoms with van der Waals surface area (Å²) in [7, 11) is 0. The minimum atomic E-state index is 0.749. The summed E-state index contributed by atoms with van der Waals surface area (Å²) >= 11 is 0. The van der Waals surface area contributed by atoms with Gasteiger partial charge in [0.05, 0.1) is 0 Å². The van der Waals surface area contributed by atoms with Gasteiger partial charge in [0, 0.05) is 37.9 Å². The first-order valence-electron chi connectivity index (χ1n) is 8.65. The van der Waals surface area contributed by atoms with E-state index in [4.69, 9.17) is 0 Å². The number of hydrogen-bond acceptors (Lipinski definition) is 3. The molecule has 2 aliphatic heterocycles. The van der Waals surface area contributed by atoms with Crippen LogP contribution in [0.1, 0.15) is 38.2 Å². The number of benzene rings is 1. The minimum absolute atomic E-state index is 0.749. The smallest absolute Gasteiger partial charge is 0.0366 e. The van der Waals surface area contributed by atoms with Crippen molar-refractivity contribution in [2.75, 3.05) is 37.6 Å². The molecule has 0 aromatic heterocycles. The standard InChI is InChI=1S/C18H29N3/c1-2-20-13-5-6-18(20)15-19-14-16-7-9-17(10-8-16)21-11-3-4-12-21/h7-10,18-19H,2-6,11-15H2,1H3. The zero-order valence-electron chi connectivity index (χ0n) is 13.4. The van der Waals surface area contributed by atoms with E-state index in [1.807, 2.05) is 0 Å². The summed E-state index contributed by atoms with van der Waals surface area (Å²) in [5.41, 5.74) is 2.79. The van der Waals surface area contributed by atoms with Gasteiger partial charge in [0.15, 0.2) is 0 Å². The van der Waals surface area contributed by atoms with Crippen LogP contribution in [0.3, 0.4) is 0 Å². The van der Waals surface area contributed by atoms with Gasteiger partial charge >= 0.3 is 0 Å². The Morgan fingerprint density at radius 1 is 1.05 bits per heavy atom. The summed E-state index contributed by atoms with van der Waals surface area (Å²) in [6, 6.07) is 9.89. The van der Waals surface area contributed by atoms with Crippen LogP contribution in [0.4, 0.5) is 5.69 Å². The highest BCUT2D eigenvalue weighted by atomic mass is 15.2. The molecule has 0 spiro atoms. The van der Waals surface area contributed by atoms with Crippen LogP contribution in [-0.4, -0.2) is 43.7 Å². The Morgan fingerprint density at radius 2 is 1.81 bits per heavy atom. The lowest BCUT2D eigenvalue weighted by molar-refractivity contribution is 0.260. The second kappa shape index (κ2) is 7.28. The van der Waals surface area contributed by atoms with Crippen LogP contribution < -0.4 is 10.2 Å². The molecule has 2 fully saturated rings. The quantitative estimate of drug-likeness (QED) is 0.868. The van der Waals surface area contributed by atoms with Gasteiger partial charge in [-0.1, -0.05) is 19.1 Å². The first-order valence-corrected chi connectivity index (χ1v) is 8.65. The van der Waals surface area contributed by atoms with E-state index in [2.05, 4.69) is 46.3 Å². The van der Waals surface area contributed by atoms with Gasteiger partial charge in [0.1, 0.15) is 0 Å². The zero-order chi connectivity index (χ0) is 14.5. The molecule has 1 N–H and O–H groups in total. The molecule has 116 valence electrons. The van der Waals surface area contributed by atoms with Crippen molar-refractivity contribution in [2.24, 2.45) is 0 Å². The normalized spacial score (nSPS) is 23.1. The van der Waals surface area contributed by atoms with Gasteiger partial charge in [0.25, 0.3) is 0 Å². The highest BCUT2D eigenvalue weighted by Crippen LogP contribution is 2.20. The lowest BCUT2D eigenvalue weighted by Crippen LogP contribution is -2.37. The molecule has 21 heavy (non-hydrogen) atoms. The lowest BCUT2D eigenvalue weighted by atomic mass is 10.1. The predicted octanol–water partition coefficient (Wildman–Crippen LogP) is 2.86. The molecule has 1 aromatic rings. The molecule has 0 saturated carbocycles. The van der Waals surface area contributed by atoms with Crippen molar-refractivity contribution in [3.05, 3.63) is 29.8 Å². The lowest BCUT2D eigenvalue weighted by Gasteiger charge is -2.23. The van der Waals surface area contributed by atoms with E-state index in [9.17, 15) is 0 Å². The molecule has 0 radical (unpaired) electrons. The van der Waals surface area contributed by atoms with Crippen molar-refractivity contribution in [3.8, 4) is 0 Å². The summed E-state index contributed by atoms with van der Waals surface area (Å²) in [4.78, 5) is 5.10. The first-order chi connectivity index (χ1) is 10.4. The molecule has 1 aromatic carbocycles. The van der Waals surface area contributed by atoms with Crippen LogP contribution in [0.2, 0.25) is 0 Å². The second-order valence-corrected chi connectivity index (χ2v) is 6.42. The largest absolute Gasteiger partial charge is 0.372 e. The highest BCUT2D eigenvalue weighted by Gasteiger charge is 2.22. The van der Waals surface area contributed by atoms with Crippen molar-refractivity contribution in [1.82, 2.24) is 10.2 Å². The Morgan fingerprint density at radius 3 is 2.52 bits per heavy atom. The van der Waals surface area contributed by atoms with Crippen LogP contribution in [-0.2, 0) is 6.54 Å². The fourth-order valence-corrected chi connectivity index (χ4v) is 3.73. The van der Waals surface area contributed by atoms with Gasteiger partial charge < -0.3 is 10.2 Å². The maximum absolute atomic E-state index is 3.64. The number of rotatable bonds is 6. The third-order valence-electron chi connectivity index (χ3n) is 5.02. The molecule has 0 amide bonds. The molecule has 2 saturated heterocycles. The van der Waals surface area contributed by atoms with Crippen LogP contribution in [0.15, 0.2) is 24.3 Å². The molecular formula is C18H29N3. The van der Waals surface area contributed by atoms with E-state index < -0.39 is 0 Å². The van der Waals surface area contributed by atoms with Gasteiger partial charge in [-0.05, 0) is 56.5 Å². The average molecular weight is 287 g/mol. The third kappa shape index (κ3) is 3.78. The van der Waals surface area contributed by atoms with Crippen LogP contribution in [0, 0.1) is 0 Å². The molecule has 3 rings (SSSR count). The molecule has 0 bridgehead atoms. The SMILES string of the molecule is CCN1CCCC1CNCc1ccc(N2CCCC2)cc1. The molecule has 0 aliphatic carbocycles. The molecule has 2 aliphatic rings. The summed E-state index contributed by atoms with van der Waals surface area (Å²) in [5.74, 6) is 0. The van der Waals surface area contributed by atoms with Gasteiger partial charge in [0.2, 0.25) is 0 Å². The Balaban J connectivity index is 1.45. The summed E-state index contributed by atoms with van der Waals surface area (Å²) in [6.07, 6.45) is 5.41. The number of nitrogens with one attached hydrogen (secondary N) is 1. The number of anilines is 1. The molecule has 1 atom stereocenters. The fourth-order valence-electron chi connectivity index (χ4n) is 3.73. The Kier molecular flexibility index (Phi) is 5.15. The molecule has 2 heterocycles. The van der Waals surface area contributed by atoms with Crippen LogP contribution in [0.5, 0.6) is 0 Å². The Bertz CT molecular complexity index is 423. The topological polar surface area (TPSA) is 18.5 Å². The summed E-state index contributed by atoms with van der Waals surface area (Å²) in [5, 5.41) is 3.64. The summed E-state index contributed by atoms with van der Waals surface area (Å²) < 4.78 is 0. The van der Waals surface area contributed by atoms with Crippen molar-refractivity contribution in [1.29, 1.82) is 0 Å². The van der Waals surface area contributed by atoms with Gasteiger partial charge in [-0.3, -0.25) is 4.90 Å². The third-order valence-corrected chi connectivity index (χ3v) is 5.02. The Labute approximate surface area is 129 Å². The Hall–Kier alpha value is -1.06. The van der Waals surface area contributed by atoms with E-state index >= 15 is 0 Å². The molecule has 3 heteroatoms. The van der Waals surface area contributed by atoms with Crippen molar-refractivity contribution in [3.63, 3.8) is 0 Å². The maximum atomic E-state index is 3.64. The summed E-state index contributed by atoms with van der Waals surface area (Å²) in [6.45, 7) is 9.33. The van der Waals surface area contributed by atoms with Gasteiger partial charge in [-0.2, -0.15) is 0 Å². The van der Waals surface area contributed by atoms with E-state index in [0.29, 0.717) is 0 Å². The molecular weight excluding hydrogens is 258 g/mol. The number of likely N-dealkylation sites (N-methyl/N-ethyl adjacent to an activating group) is 1. The first kappa shape index (κ1) is 14.9. The second-order valence-electron chi connectivity index (χ2n) is 6.42. The van der Waals surface area contributed by atoms with E-state index in [1.54, 1.807) is 0 Å². The number of likely N-dealkylation sites (tertiary alicyclic amines) is 1. The number of hydrogen-bond donors (Lipinski definition) is 1. The highest BCUT2D eigenvalue weighted by molar-refractivity contribution is 5.48. The van der Waals surface area contributed by atoms with E-state index in [0.717, 1.165) is 19.1 Å². The molecule has 1 unspecified atom stereocenters. The zero-order valence-corrected chi connectivity index (χ0v) is 13.4. The number of nitrogens with zero attached hydrogens (tertiary/aromatic N) is 2. The predicted molar refractivity (Wildman–Crippen MR) is 89.9 cm³/mol. The van der Waals surface area contributed by atoms with Crippen LogP contribution >= 0.6 is 0 Å². The van der Waals surface area contributed by atoms with Gasteiger partial charge in [-0.15, -0.1) is 0 Å². The van der Waals surface area contributed by atoms with Crippen molar-refractivity contribution < 1.29 is 0 Å². The van der Waals surface area contributed by atoms with Crippen molar-refractivity contribution in [2.45, 2.75) is 45.2 Å². The van der Waals surface area contributed by atoms with E-state index in [1.165, 1.54) is 63.1 Å². The minimum Gasteiger partial charge on any atom is -0.372 e. The maximum Gasteiger partial charge on any atom is 0.0366 e. The van der Waals surface area contributed by atoms with Gasteiger partial charge in [-0.25, -0.2) is 0 Å². The van der Waals surface area contributed by atoms with E-state index in [-0.39, 0.29) is 0 Å². The monoisotopic (exact) mass is 287 g/mol. The molecule has 3 nitrogen and oxygen atoms in total.